The predicted molar refractivity (Wildman–Crippen MR) is 64.6 cm³/mol. The summed E-state index contributed by atoms with van der Waals surface area (Å²) in [6.45, 7) is 0.725. The predicted octanol–water partition coefficient (Wildman–Crippen LogP) is 2.91. The van der Waals surface area contributed by atoms with Crippen molar-refractivity contribution >= 4 is 0 Å². The lowest BCUT2D eigenvalue weighted by Crippen LogP contribution is -2.37. The van der Waals surface area contributed by atoms with E-state index in [1.54, 1.807) is 0 Å². The third-order valence-corrected chi connectivity index (χ3v) is 4.65. The molecule has 4 atom stereocenters. The molecule has 2 nitrogen and oxygen atoms in total. The van der Waals surface area contributed by atoms with Crippen LogP contribution in [0.3, 0.4) is 0 Å². The van der Waals surface area contributed by atoms with Gasteiger partial charge in [-0.1, -0.05) is 30.3 Å². The Morgan fingerprint density at radius 1 is 1.29 bits per heavy atom. The van der Waals surface area contributed by atoms with Gasteiger partial charge in [0.15, 0.2) is 0 Å². The Morgan fingerprint density at radius 3 is 3.06 bits per heavy atom. The van der Waals surface area contributed by atoms with Crippen molar-refractivity contribution in [3.05, 3.63) is 35.9 Å². The van der Waals surface area contributed by atoms with E-state index < -0.39 is 0 Å². The van der Waals surface area contributed by atoms with Crippen molar-refractivity contribution in [3.63, 3.8) is 0 Å². The summed E-state index contributed by atoms with van der Waals surface area (Å²) in [6, 6.07) is 10.4. The van der Waals surface area contributed by atoms with Crippen LogP contribution in [-0.2, 0) is 16.1 Å². The first-order valence-corrected chi connectivity index (χ1v) is 6.69. The number of hydrogen-bond donors (Lipinski definition) is 0. The van der Waals surface area contributed by atoms with E-state index in [4.69, 9.17) is 9.47 Å². The first-order valence-electron chi connectivity index (χ1n) is 6.69. The summed E-state index contributed by atoms with van der Waals surface area (Å²) in [5.41, 5.74) is 1.58. The van der Waals surface area contributed by atoms with Crippen molar-refractivity contribution in [2.75, 3.05) is 0 Å². The van der Waals surface area contributed by atoms with Gasteiger partial charge in [-0.15, -0.1) is 0 Å². The van der Waals surface area contributed by atoms with Crippen molar-refractivity contribution in [3.8, 4) is 0 Å². The van der Waals surface area contributed by atoms with E-state index in [9.17, 15) is 0 Å². The molecular weight excluding hydrogens is 212 g/mol. The van der Waals surface area contributed by atoms with Crippen LogP contribution in [0.4, 0.5) is 0 Å². The molecule has 3 fully saturated rings. The van der Waals surface area contributed by atoms with Crippen LogP contribution in [0.2, 0.25) is 0 Å². The number of fused-ring (bicyclic) bond motifs is 1. The fourth-order valence-electron chi connectivity index (χ4n) is 3.56. The molecule has 1 aromatic carbocycles. The lowest BCUT2D eigenvalue weighted by molar-refractivity contribution is -0.132. The molecular formula is C15H18O2. The van der Waals surface area contributed by atoms with Crippen LogP contribution >= 0.6 is 0 Å². The Labute approximate surface area is 102 Å². The van der Waals surface area contributed by atoms with Crippen molar-refractivity contribution < 1.29 is 9.47 Å². The molecule has 0 aromatic heterocycles. The topological polar surface area (TPSA) is 18.5 Å². The first kappa shape index (κ1) is 10.1. The van der Waals surface area contributed by atoms with Gasteiger partial charge in [0.05, 0.1) is 24.4 Å². The summed E-state index contributed by atoms with van der Waals surface area (Å²) in [5.74, 6) is 0.859. The van der Waals surface area contributed by atoms with Crippen molar-refractivity contribution in [2.24, 2.45) is 5.92 Å². The number of benzene rings is 1. The van der Waals surface area contributed by atoms with Gasteiger partial charge >= 0.3 is 0 Å². The third kappa shape index (κ3) is 1.62. The largest absolute Gasteiger partial charge is 0.371 e. The summed E-state index contributed by atoms with van der Waals surface area (Å²) in [5, 5.41) is 0. The van der Waals surface area contributed by atoms with Gasteiger partial charge in [0.25, 0.3) is 0 Å². The van der Waals surface area contributed by atoms with Crippen LogP contribution in [0, 0.1) is 5.92 Å². The van der Waals surface area contributed by atoms with Gasteiger partial charge in [-0.25, -0.2) is 0 Å². The molecule has 1 aromatic rings. The molecule has 17 heavy (non-hydrogen) atoms. The number of hydrogen-bond acceptors (Lipinski definition) is 2. The monoisotopic (exact) mass is 230 g/mol. The van der Waals surface area contributed by atoms with E-state index in [0.29, 0.717) is 17.8 Å². The van der Waals surface area contributed by atoms with Gasteiger partial charge in [-0.2, -0.15) is 0 Å². The van der Waals surface area contributed by atoms with Crippen LogP contribution in [0.1, 0.15) is 31.2 Å². The molecule has 2 heteroatoms. The molecule has 2 aliphatic heterocycles. The highest BCUT2D eigenvalue weighted by Gasteiger charge is 2.65. The highest BCUT2D eigenvalue weighted by molar-refractivity contribution is 5.16. The first-order chi connectivity index (χ1) is 8.36. The molecule has 90 valence electrons. The van der Waals surface area contributed by atoms with Crippen molar-refractivity contribution in [1.82, 2.24) is 0 Å². The zero-order valence-corrected chi connectivity index (χ0v) is 9.97. The maximum atomic E-state index is 6.13. The van der Waals surface area contributed by atoms with E-state index in [1.165, 1.54) is 31.2 Å². The standard InChI is InChI=1S/C15H18O2/c1-2-4-11(5-3-1)10-16-13-6-7-15-9-12(15)8-14(13)17-15/h1-5,12-14H,6-10H2/t12-,13-,14-,15+/m0/s1. The minimum Gasteiger partial charge on any atom is -0.371 e. The molecule has 3 aliphatic rings. The minimum atomic E-state index is 0.317. The number of ether oxygens (including phenoxy) is 2. The average Bonchev–Trinajstić information content (AvgIpc) is 2.94. The molecule has 2 heterocycles. The van der Waals surface area contributed by atoms with Crippen LogP contribution in [-0.4, -0.2) is 17.8 Å². The van der Waals surface area contributed by atoms with Gasteiger partial charge < -0.3 is 9.47 Å². The van der Waals surface area contributed by atoms with Gasteiger partial charge in [-0.05, 0) is 37.2 Å². The SMILES string of the molecule is c1ccc(CO[C@H]2CC[C@@]34C[C@@H]3C[C@@H]2O4)cc1. The Morgan fingerprint density at radius 2 is 2.18 bits per heavy atom. The van der Waals surface area contributed by atoms with Crippen LogP contribution in [0.15, 0.2) is 30.3 Å². The van der Waals surface area contributed by atoms with E-state index in [-0.39, 0.29) is 0 Å². The van der Waals surface area contributed by atoms with Gasteiger partial charge in [0, 0.05) is 0 Å². The Hall–Kier alpha value is -0.860. The summed E-state index contributed by atoms with van der Waals surface area (Å²) in [7, 11) is 0. The van der Waals surface area contributed by atoms with E-state index in [0.717, 1.165) is 12.5 Å². The zero-order chi connectivity index (χ0) is 11.3. The molecule has 4 rings (SSSR count). The van der Waals surface area contributed by atoms with Gasteiger partial charge in [0.2, 0.25) is 0 Å². The molecule has 1 spiro atoms. The summed E-state index contributed by atoms with van der Waals surface area (Å²) in [4.78, 5) is 0. The van der Waals surface area contributed by atoms with Crippen LogP contribution in [0.25, 0.3) is 0 Å². The molecule has 2 saturated heterocycles. The molecule has 1 saturated carbocycles. The van der Waals surface area contributed by atoms with Crippen LogP contribution in [0.5, 0.6) is 0 Å². The lowest BCUT2D eigenvalue weighted by Gasteiger charge is -2.32. The molecule has 0 radical (unpaired) electrons. The molecule has 0 unspecified atom stereocenters. The van der Waals surface area contributed by atoms with E-state index in [1.807, 2.05) is 6.07 Å². The summed E-state index contributed by atoms with van der Waals surface area (Å²) in [6.07, 6.45) is 5.66. The zero-order valence-electron chi connectivity index (χ0n) is 9.97. The number of rotatable bonds is 3. The molecule has 0 amide bonds. The fourth-order valence-corrected chi connectivity index (χ4v) is 3.56. The maximum absolute atomic E-state index is 6.13. The highest BCUT2D eigenvalue weighted by Crippen LogP contribution is 2.62. The second-order valence-electron chi connectivity index (χ2n) is 5.73. The Bertz CT molecular complexity index is 416. The quantitative estimate of drug-likeness (QED) is 0.795. The summed E-state index contributed by atoms with van der Waals surface area (Å²) >= 11 is 0. The van der Waals surface area contributed by atoms with E-state index in [2.05, 4.69) is 24.3 Å². The molecule has 1 aliphatic carbocycles. The fraction of sp³-hybridized carbons (Fsp3) is 0.600. The van der Waals surface area contributed by atoms with Gasteiger partial charge in [-0.3, -0.25) is 0 Å². The molecule has 2 bridgehead atoms. The molecule has 0 N–H and O–H groups in total. The second-order valence-corrected chi connectivity index (χ2v) is 5.73. The lowest BCUT2D eigenvalue weighted by atomic mass is 10.0. The highest BCUT2D eigenvalue weighted by atomic mass is 16.6. The normalized spacial score (nSPS) is 42.2. The Kier molecular flexibility index (Phi) is 2.12. The second kappa shape index (κ2) is 3.56. The minimum absolute atomic E-state index is 0.317. The third-order valence-electron chi connectivity index (χ3n) is 4.65. The Balaban J connectivity index is 1.38. The van der Waals surface area contributed by atoms with E-state index >= 15 is 0 Å². The smallest absolute Gasteiger partial charge is 0.0848 e. The average molecular weight is 230 g/mol. The summed E-state index contributed by atoms with van der Waals surface area (Å²) < 4.78 is 12.2. The van der Waals surface area contributed by atoms with Crippen LogP contribution < -0.4 is 0 Å². The van der Waals surface area contributed by atoms with Crippen molar-refractivity contribution in [2.45, 2.75) is 50.1 Å². The maximum Gasteiger partial charge on any atom is 0.0848 e. The van der Waals surface area contributed by atoms with Gasteiger partial charge in [0.1, 0.15) is 0 Å². The van der Waals surface area contributed by atoms with Crippen molar-refractivity contribution in [1.29, 1.82) is 0 Å².